The Morgan fingerprint density at radius 3 is 2.24 bits per heavy atom. The van der Waals surface area contributed by atoms with E-state index >= 15 is 0 Å². The van der Waals surface area contributed by atoms with Gasteiger partial charge in [-0.15, -0.1) is 6.58 Å². The zero-order valence-corrected chi connectivity index (χ0v) is 15.2. The van der Waals surface area contributed by atoms with Crippen LogP contribution in [0.25, 0.3) is 0 Å². The zero-order valence-electron chi connectivity index (χ0n) is 14.4. The van der Waals surface area contributed by atoms with E-state index in [1.54, 1.807) is 6.92 Å². The monoisotopic (exact) mass is 360 g/mol. The number of benzene rings is 2. The van der Waals surface area contributed by atoms with Crippen LogP contribution in [-0.2, 0) is 10.0 Å². The molecule has 0 bridgehead atoms. The predicted molar refractivity (Wildman–Crippen MR) is 98.5 cm³/mol. The van der Waals surface area contributed by atoms with Gasteiger partial charge in [0.15, 0.2) is 0 Å². The second kappa shape index (κ2) is 7.06. The van der Waals surface area contributed by atoms with Gasteiger partial charge in [0, 0.05) is 12.1 Å². The smallest absolute Gasteiger partial charge is 0.262 e. The van der Waals surface area contributed by atoms with Crippen LogP contribution in [0.4, 0.5) is 11.4 Å². The topological polar surface area (TPSA) is 80.5 Å². The van der Waals surface area contributed by atoms with Crippen LogP contribution in [0.5, 0.6) is 0 Å². The van der Waals surface area contributed by atoms with E-state index in [1.165, 1.54) is 22.5 Å². The van der Waals surface area contributed by atoms with Crippen molar-refractivity contribution >= 4 is 21.4 Å². The van der Waals surface area contributed by atoms with Crippen molar-refractivity contribution in [1.29, 1.82) is 0 Å². The summed E-state index contributed by atoms with van der Waals surface area (Å²) in [6.45, 7) is 8.99. The molecule has 0 amide bonds. The number of nitrogens with zero attached hydrogens (tertiary/aromatic N) is 2. The van der Waals surface area contributed by atoms with Crippen molar-refractivity contribution < 1.29 is 13.3 Å². The lowest BCUT2D eigenvalue weighted by Crippen LogP contribution is -2.33. The number of anilines is 1. The quantitative estimate of drug-likeness (QED) is 0.444. The number of hydrogen-bond acceptors (Lipinski definition) is 4. The van der Waals surface area contributed by atoms with Crippen molar-refractivity contribution in [2.45, 2.75) is 25.7 Å². The molecule has 6 nitrogen and oxygen atoms in total. The van der Waals surface area contributed by atoms with Crippen LogP contribution in [-0.4, -0.2) is 19.9 Å². The van der Waals surface area contributed by atoms with E-state index in [2.05, 4.69) is 6.58 Å². The Kier molecular flexibility index (Phi) is 5.27. The molecule has 0 aliphatic rings. The molecule has 0 unspecified atom stereocenters. The molecule has 0 heterocycles. The second-order valence-electron chi connectivity index (χ2n) is 5.77. The van der Waals surface area contributed by atoms with Crippen molar-refractivity contribution in [1.82, 2.24) is 0 Å². The Hall–Kier alpha value is -2.67. The number of nitro groups is 1. The molecule has 0 saturated heterocycles. The average Bonchev–Trinajstić information content (AvgIpc) is 2.53. The summed E-state index contributed by atoms with van der Waals surface area (Å²) in [6, 6.07) is 9.36. The first-order valence-electron chi connectivity index (χ1n) is 7.65. The maximum Gasteiger partial charge on any atom is 0.270 e. The molecule has 0 aromatic heterocycles. The summed E-state index contributed by atoms with van der Waals surface area (Å²) in [5.74, 6) is 0. The Morgan fingerprint density at radius 1 is 1.12 bits per heavy atom. The van der Waals surface area contributed by atoms with Crippen molar-refractivity contribution in [2.75, 3.05) is 10.8 Å². The van der Waals surface area contributed by atoms with Crippen molar-refractivity contribution in [3.05, 3.63) is 75.9 Å². The van der Waals surface area contributed by atoms with E-state index in [9.17, 15) is 18.5 Å². The third-order valence-electron chi connectivity index (χ3n) is 3.93. The molecule has 0 N–H and O–H groups in total. The van der Waals surface area contributed by atoms with Crippen molar-refractivity contribution in [3.8, 4) is 0 Å². The van der Waals surface area contributed by atoms with E-state index in [0.29, 0.717) is 11.3 Å². The molecule has 2 aromatic carbocycles. The Bertz CT molecular complexity index is 916. The summed E-state index contributed by atoms with van der Waals surface area (Å²) in [5, 5.41) is 11.0. The first kappa shape index (κ1) is 18.7. The molecule has 0 radical (unpaired) electrons. The van der Waals surface area contributed by atoms with Crippen LogP contribution in [0.1, 0.15) is 16.7 Å². The van der Waals surface area contributed by atoms with Gasteiger partial charge < -0.3 is 0 Å². The van der Waals surface area contributed by atoms with E-state index in [4.69, 9.17) is 0 Å². The van der Waals surface area contributed by atoms with Crippen LogP contribution in [0.15, 0.2) is 53.9 Å². The number of para-hydroxylation sites is 1. The van der Waals surface area contributed by atoms with Crippen LogP contribution < -0.4 is 4.31 Å². The van der Waals surface area contributed by atoms with E-state index in [-0.39, 0.29) is 17.1 Å². The molecule has 0 atom stereocenters. The first-order valence-corrected chi connectivity index (χ1v) is 9.09. The predicted octanol–water partition coefficient (Wildman–Crippen LogP) is 3.90. The molecule has 7 heteroatoms. The van der Waals surface area contributed by atoms with Crippen molar-refractivity contribution in [2.24, 2.45) is 0 Å². The highest BCUT2D eigenvalue weighted by Gasteiger charge is 2.29. The zero-order chi connectivity index (χ0) is 18.8. The van der Waals surface area contributed by atoms with Gasteiger partial charge in [-0.1, -0.05) is 30.3 Å². The largest absolute Gasteiger partial charge is 0.270 e. The number of nitro benzene ring substituents is 1. The third-order valence-corrected chi connectivity index (χ3v) is 5.84. The fourth-order valence-corrected chi connectivity index (χ4v) is 4.54. The van der Waals surface area contributed by atoms with Crippen LogP contribution >= 0.6 is 0 Å². The molecular formula is C18H20N2O4S. The highest BCUT2D eigenvalue weighted by molar-refractivity contribution is 7.93. The van der Waals surface area contributed by atoms with Gasteiger partial charge in [0.05, 0.1) is 22.1 Å². The molecule has 2 rings (SSSR count). The van der Waals surface area contributed by atoms with E-state index in [0.717, 1.165) is 17.2 Å². The molecule has 132 valence electrons. The molecule has 0 aliphatic heterocycles. The Balaban J connectivity index is 2.72. The molecule has 0 fully saturated rings. The lowest BCUT2D eigenvalue weighted by molar-refractivity contribution is -0.385. The van der Waals surface area contributed by atoms with Crippen LogP contribution in [0.2, 0.25) is 0 Å². The Morgan fingerprint density at radius 2 is 1.72 bits per heavy atom. The van der Waals surface area contributed by atoms with E-state index < -0.39 is 14.9 Å². The highest BCUT2D eigenvalue weighted by Crippen LogP contribution is 2.32. The lowest BCUT2D eigenvalue weighted by atomic mass is 10.1. The second-order valence-corrected chi connectivity index (χ2v) is 7.60. The van der Waals surface area contributed by atoms with Gasteiger partial charge in [-0.3, -0.25) is 14.4 Å². The minimum atomic E-state index is -3.99. The number of rotatable bonds is 6. The van der Waals surface area contributed by atoms with Crippen molar-refractivity contribution in [3.63, 3.8) is 0 Å². The van der Waals surface area contributed by atoms with Gasteiger partial charge >= 0.3 is 0 Å². The summed E-state index contributed by atoms with van der Waals surface area (Å²) in [6.07, 6.45) is 1.50. The first-order chi connectivity index (χ1) is 11.7. The highest BCUT2D eigenvalue weighted by atomic mass is 32.2. The number of sulfonamides is 1. The molecule has 25 heavy (non-hydrogen) atoms. The van der Waals surface area contributed by atoms with Gasteiger partial charge in [-0.05, 0) is 37.5 Å². The maximum absolute atomic E-state index is 13.3. The third kappa shape index (κ3) is 3.56. The molecule has 2 aromatic rings. The molecular weight excluding hydrogens is 340 g/mol. The fourth-order valence-electron chi connectivity index (χ4n) is 2.72. The summed E-state index contributed by atoms with van der Waals surface area (Å²) < 4.78 is 27.8. The normalized spacial score (nSPS) is 11.2. The van der Waals surface area contributed by atoms with Gasteiger partial charge in [0.25, 0.3) is 15.7 Å². The fraction of sp³-hybridized carbons (Fsp3) is 0.222. The van der Waals surface area contributed by atoms with Gasteiger partial charge in [0.2, 0.25) is 0 Å². The molecule has 0 aliphatic carbocycles. The molecule has 0 saturated carbocycles. The number of aryl methyl sites for hydroxylation is 3. The number of hydrogen-bond donors (Lipinski definition) is 0. The Labute approximate surface area is 147 Å². The number of non-ortho nitro benzene ring substituents is 1. The SMILES string of the molecule is C=CCN(c1c(C)cccc1C)S(=O)(=O)c1cc([N+](=O)[O-])ccc1C. The minimum absolute atomic E-state index is 0.0656. The summed E-state index contributed by atoms with van der Waals surface area (Å²) in [7, 11) is -3.99. The molecule has 0 spiro atoms. The van der Waals surface area contributed by atoms with E-state index in [1.807, 2.05) is 32.0 Å². The van der Waals surface area contributed by atoms with Crippen LogP contribution in [0, 0.1) is 30.9 Å². The summed E-state index contributed by atoms with van der Waals surface area (Å²) in [4.78, 5) is 10.4. The average molecular weight is 360 g/mol. The summed E-state index contributed by atoms with van der Waals surface area (Å²) >= 11 is 0. The lowest BCUT2D eigenvalue weighted by Gasteiger charge is -2.27. The standard InChI is InChI=1S/C18H20N2O4S/c1-5-11-19(18-14(3)7-6-8-15(18)4)25(23,24)17-12-16(20(21)22)10-9-13(17)2/h5-10,12H,1,11H2,2-4H3. The van der Waals surface area contributed by atoms with Gasteiger partial charge in [0.1, 0.15) is 0 Å². The van der Waals surface area contributed by atoms with Crippen LogP contribution in [0.3, 0.4) is 0 Å². The van der Waals surface area contributed by atoms with Gasteiger partial charge in [-0.25, -0.2) is 8.42 Å². The minimum Gasteiger partial charge on any atom is -0.262 e. The maximum atomic E-state index is 13.3. The summed E-state index contributed by atoms with van der Waals surface area (Å²) in [5.41, 5.74) is 2.35. The van der Waals surface area contributed by atoms with Gasteiger partial charge in [-0.2, -0.15) is 0 Å².